The number of aromatic nitrogens is 2. The van der Waals surface area contributed by atoms with Crippen LogP contribution in [-0.2, 0) is 0 Å². The molecule has 4 heteroatoms. The maximum absolute atomic E-state index is 5.87. The van der Waals surface area contributed by atoms with E-state index in [-0.39, 0.29) is 0 Å². The second-order valence-electron chi connectivity index (χ2n) is 5.72. The van der Waals surface area contributed by atoms with E-state index in [0.717, 1.165) is 49.2 Å². The van der Waals surface area contributed by atoms with Crippen LogP contribution >= 0.6 is 0 Å². The third kappa shape index (κ3) is 2.28. The zero-order chi connectivity index (χ0) is 13.3. The monoisotopic (exact) mass is 256 g/mol. The molecule has 2 heterocycles. The van der Waals surface area contributed by atoms with Gasteiger partial charge in [-0.2, -0.15) is 0 Å². The number of hydrogen-bond acceptors (Lipinski definition) is 4. The van der Waals surface area contributed by atoms with Crippen molar-refractivity contribution in [3.8, 4) is 0 Å². The maximum Gasteiger partial charge on any atom is 0.139 e. The zero-order valence-corrected chi connectivity index (χ0v) is 11.3. The highest BCUT2D eigenvalue weighted by molar-refractivity contribution is 5.89. The molecule has 4 nitrogen and oxygen atoms in total. The van der Waals surface area contributed by atoms with Crippen molar-refractivity contribution >= 4 is 16.7 Å². The summed E-state index contributed by atoms with van der Waals surface area (Å²) >= 11 is 0. The molecule has 0 saturated carbocycles. The zero-order valence-electron chi connectivity index (χ0n) is 11.3. The number of fused-ring (bicyclic) bond motifs is 1. The number of piperidine rings is 1. The smallest absolute Gasteiger partial charge is 0.139 e. The first kappa shape index (κ1) is 12.4. The fraction of sp³-hybridized carbons (Fsp3) is 0.467. The van der Waals surface area contributed by atoms with Gasteiger partial charge in [0.15, 0.2) is 0 Å². The summed E-state index contributed by atoms with van der Waals surface area (Å²) in [6.45, 7) is 5.09. The average molecular weight is 256 g/mol. The largest absolute Gasteiger partial charge is 0.356 e. The minimum atomic E-state index is 0.291. The molecule has 1 aliphatic heterocycles. The van der Waals surface area contributed by atoms with Crippen LogP contribution in [0.15, 0.2) is 30.6 Å². The van der Waals surface area contributed by atoms with Crippen LogP contribution < -0.4 is 10.6 Å². The molecule has 0 unspecified atom stereocenters. The van der Waals surface area contributed by atoms with Gasteiger partial charge in [0.25, 0.3) is 0 Å². The van der Waals surface area contributed by atoms with E-state index in [1.165, 1.54) is 0 Å². The normalized spacial score (nSPS) is 18.7. The number of para-hydroxylation sites is 1. The summed E-state index contributed by atoms with van der Waals surface area (Å²) < 4.78 is 0. The molecule has 19 heavy (non-hydrogen) atoms. The van der Waals surface area contributed by atoms with Gasteiger partial charge in [0, 0.05) is 18.5 Å². The minimum absolute atomic E-state index is 0.291. The van der Waals surface area contributed by atoms with Crippen molar-refractivity contribution < 1.29 is 0 Å². The molecule has 0 atom stereocenters. The Morgan fingerprint density at radius 3 is 2.68 bits per heavy atom. The van der Waals surface area contributed by atoms with Crippen LogP contribution in [-0.4, -0.2) is 29.6 Å². The quantitative estimate of drug-likeness (QED) is 0.895. The molecule has 2 N–H and O–H groups in total. The van der Waals surface area contributed by atoms with E-state index in [1.807, 2.05) is 18.2 Å². The van der Waals surface area contributed by atoms with Crippen molar-refractivity contribution in [3.63, 3.8) is 0 Å². The molecule has 1 aromatic carbocycles. The summed E-state index contributed by atoms with van der Waals surface area (Å²) in [5.74, 6) is 1.06. The second kappa shape index (κ2) is 4.78. The van der Waals surface area contributed by atoms with Crippen molar-refractivity contribution in [1.29, 1.82) is 0 Å². The summed E-state index contributed by atoms with van der Waals surface area (Å²) in [7, 11) is 0. The third-order valence-corrected chi connectivity index (χ3v) is 4.28. The van der Waals surface area contributed by atoms with Gasteiger partial charge < -0.3 is 10.6 Å². The lowest BCUT2D eigenvalue weighted by Crippen LogP contribution is -2.42. The van der Waals surface area contributed by atoms with E-state index in [1.54, 1.807) is 6.33 Å². The van der Waals surface area contributed by atoms with Gasteiger partial charge in [0.1, 0.15) is 12.1 Å². The highest BCUT2D eigenvalue weighted by Gasteiger charge is 2.29. The van der Waals surface area contributed by atoms with Crippen LogP contribution in [0, 0.1) is 5.41 Å². The molecule has 0 aliphatic carbocycles. The Kier molecular flexibility index (Phi) is 3.11. The molecule has 1 aliphatic rings. The van der Waals surface area contributed by atoms with E-state index in [9.17, 15) is 0 Å². The fourth-order valence-corrected chi connectivity index (χ4v) is 2.71. The fourth-order valence-electron chi connectivity index (χ4n) is 2.71. The summed E-state index contributed by atoms with van der Waals surface area (Å²) in [4.78, 5) is 11.2. The van der Waals surface area contributed by atoms with Gasteiger partial charge >= 0.3 is 0 Å². The van der Waals surface area contributed by atoms with Crippen molar-refractivity contribution in [3.05, 3.63) is 30.6 Å². The topological polar surface area (TPSA) is 55.0 Å². The third-order valence-electron chi connectivity index (χ3n) is 4.28. The molecular formula is C15H20N4. The summed E-state index contributed by atoms with van der Waals surface area (Å²) in [6, 6.07) is 8.19. The summed E-state index contributed by atoms with van der Waals surface area (Å²) in [6.07, 6.45) is 3.91. The Labute approximate surface area is 113 Å². The maximum atomic E-state index is 5.87. The van der Waals surface area contributed by atoms with E-state index in [2.05, 4.69) is 27.9 Å². The molecule has 0 amide bonds. The van der Waals surface area contributed by atoms with Gasteiger partial charge in [-0.05, 0) is 36.9 Å². The number of rotatable bonds is 2. The molecule has 0 bridgehead atoms. The Hall–Kier alpha value is -1.68. The predicted molar refractivity (Wildman–Crippen MR) is 78.1 cm³/mol. The van der Waals surface area contributed by atoms with Crippen molar-refractivity contribution in [2.45, 2.75) is 19.8 Å². The van der Waals surface area contributed by atoms with Crippen LogP contribution in [0.3, 0.4) is 0 Å². The van der Waals surface area contributed by atoms with Crippen LogP contribution in [0.2, 0.25) is 0 Å². The lowest BCUT2D eigenvalue weighted by Gasteiger charge is -2.39. The van der Waals surface area contributed by atoms with Crippen LogP contribution in [0.5, 0.6) is 0 Å². The first-order chi connectivity index (χ1) is 9.22. The number of benzene rings is 1. The average Bonchev–Trinajstić information content (AvgIpc) is 2.48. The van der Waals surface area contributed by atoms with E-state index < -0.39 is 0 Å². The molecule has 3 rings (SSSR count). The number of hydrogen-bond donors (Lipinski definition) is 1. The van der Waals surface area contributed by atoms with E-state index in [4.69, 9.17) is 5.73 Å². The molecule has 1 fully saturated rings. The second-order valence-corrected chi connectivity index (χ2v) is 5.72. The lowest BCUT2D eigenvalue weighted by atomic mass is 9.80. The van der Waals surface area contributed by atoms with Gasteiger partial charge in [-0.1, -0.05) is 19.1 Å². The van der Waals surface area contributed by atoms with E-state index >= 15 is 0 Å². The van der Waals surface area contributed by atoms with E-state index in [0.29, 0.717) is 5.41 Å². The molecule has 0 radical (unpaired) electrons. The molecular weight excluding hydrogens is 236 g/mol. The van der Waals surface area contributed by atoms with Gasteiger partial charge in [0.05, 0.1) is 5.52 Å². The minimum Gasteiger partial charge on any atom is -0.356 e. The molecule has 2 aromatic rings. The highest BCUT2D eigenvalue weighted by atomic mass is 15.2. The number of nitrogens with two attached hydrogens (primary N) is 1. The van der Waals surface area contributed by atoms with Crippen LogP contribution in [0.4, 0.5) is 5.82 Å². The van der Waals surface area contributed by atoms with Gasteiger partial charge in [-0.3, -0.25) is 0 Å². The first-order valence-electron chi connectivity index (χ1n) is 6.87. The Balaban J connectivity index is 1.90. The Morgan fingerprint density at radius 1 is 1.21 bits per heavy atom. The van der Waals surface area contributed by atoms with Crippen molar-refractivity contribution in [2.24, 2.45) is 11.1 Å². The van der Waals surface area contributed by atoms with Gasteiger partial charge in [0.2, 0.25) is 0 Å². The molecule has 0 spiro atoms. The highest BCUT2D eigenvalue weighted by Crippen LogP contribution is 2.33. The van der Waals surface area contributed by atoms with Crippen LogP contribution in [0.25, 0.3) is 10.9 Å². The predicted octanol–water partition coefficient (Wildman–Crippen LogP) is 2.20. The first-order valence-corrected chi connectivity index (χ1v) is 6.87. The number of anilines is 1. The number of nitrogens with zero attached hydrogens (tertiary/aromatic N) is 3. The van der Waals surface area contributed by atoms with Crippen molar-refractivity contribution in [1.82, 2.24) is 9.97 Å². The molecule has 1 saturated heterocycles. The van der Waals surface area contributed by atoms with Crippen LogP contribution in [0.1, 0.15) is 19.8 Å². The van der Waals surface area contributed by atoms with Crippen molar-refractivity contribution in [2.75, 3.05) is 24.5 Å². The molecule has 100 valence electrons. The Bertz CT molecular complexity index is 568. The lowest BCUT2D eigenvalue weighted by molar-refractivity contribution is 0.258. The SMILES string of the molecule is CC1(CN)CCN(c2ncnc3ccccc23)CC1. The Morgan fingerprint density at radius 2 is 1.95 bits per heavy atom. The molecule has 1 aromatic heterocycles. The summed E-state index contributed by atoms with van der Waals surface area (Å²) in [5, 5.41) is 1.14. The standard InChI is InChI=1S/C15H20N4/c1-15(10-16)6-8-19(9-7-15)14-12-4-2-3-5-13(12)17-11-18-14/h2-5,11H,6-10,16H2,1H3. The van der Waals surface area contributed by atoms with Gasteiger partial charge in [-0.15, -0.1) is 0 Å². The van der Waals surface area contributed by atoms with Gasteiger partial charge in [-0.25, -0.2) is 9.97 Å². The summed E-state index contributed by atoms with van der Waals surface area (Å²) in [5.41, 5.74) is 7.17.